The molecule has 1 aromatic heterocycles. The van der Waals surface area contributed by atoms with E-state index in [0.29, 0.717) is 6.54 Å². The lowest BCUT2D eigenvalue weighted by Crippen LogP contribution is -2.35. The summed E-state index contributed by atoms with van der Waals surface area (Å²) in [6, 6.07) is 7.81. The zero-order valence-electron chi connectivity index (χ0n) is 13.5. The van der Waals surface area contributed by atoms with Gasteiger partial charge in [-0.15, -0.1) is 0 Å². The third-order valence-electron chi connectivity index (χ3n) is 4.33. The van der Waals surface area contributed by atoms with E-state index in [0.717, 1.165) is 42.1 Å². The first kappa shape index (κ1) is 15.8. The van der Waals surface area contributed by atoms with Crippen LogP contribution in [0.15, 0.2) is 36.7 Å². The summed E-state index contributed by atoms with van der Waals surface area (Å²) in [5.74, 6) is 1.52. The Morgan fingerprint density at radius 1 is 1.13 bits per heavy atom. The maximum Gasteiger partial charge on any atom is 0.125 e. The number of fused-ring (bicyclic) bond motifs is 1. The lowest BCUT2D eigenvalue weighted by atomic mass is 9.95. The van der Waals surface area contributed by atoms with Crippen LogP contribution in [0.2, 0.25) is 0 Å². The standard InChI is InChI=1S/C18H22N2O3/c1-22-16-3-4-17(23-2)18-14(16)11-20(12-15(18)21)10-7-13-5-8-19-9-6-13/h3-6,8-9,15,21H,7,10-12H2,1-2H3. The normalized spacial score (nSPS) is 17.6. The second-order valence-electron chi connectivity index (χ2n) is 5.72. The lowest BCUT2D eigenvalue weighted by Gasteiger charge is -2.34. The van der Waals surface area contributed by atoms with Gasteiger partial charge in [0, 0.05) is 43.2 Å². The predicted molar refractivity (Wildman–Crippen MR) is 87.7 cm³/mol. The SMILES string of the molecule is COc1ccc(OC)c2c1CN(CCc1ccncc1)CC2O. The Bertz CT molecular complexity index is 661. The smallest absolute Gasteiger partial charge is 0.125 e. The van der Waals surface area contributed by atoms with Crippen LogP contribution < -0.4 is 9.47 Å². The first-order valence-corrected chi connectivity index (χ1v) is 7.76. The molecule has 0 radical (unpaired) electrons. The largest absolute Gasteiger partial charge is 0.496 e. The third-order valence-corrected chi connectivity index (χ3v) is 4.33. The molecule has 0 bridgehead atoms. The van der Waals surface area contributed by atoms with Gasteiger partial charge in [0.2, 0.25) is 0 Å². The quantitative estimate of drug-likeness (QED) is 0.917. The molecular weight excluding hydrogens is 292 g/mol. The van der Waals surface area contributed by atoms with Crippen molar-refractivity contribution in [3.8, 4) is 11.5 Å². The molecule has 1 aliphatic rings. The number of hydrogen-bond donors (Lipinski definition) is 1. The highest BCUT2D eigenvalue weighted by Crippen LogP contribution is 2.39. The van der Waals surface area contributed by atoms with Crippen molar-refractivity contribution in [1.82, 2.24) is 9.88 Å². The molecule has 1 aliphatic heterocycles. The second kappa shape index (κ2) is 6.98. The van der Waals surface area contributed by atoms with E-state index in [4.69, 9.17) is 9.47 Å². The van der Waals surface area contributed by atoms with Gasteiger partial charge in [-0.1, -0.05) is 0 Å². The third kappa shape index (κ3) is 3.30. The number of β-amino-alcohol motifs (C(OH)–C–C–N with tert-alkyl or cyclic N) is 1. The Balaban J connectivity index is 1.79. The van der Waals surface area contributed by atoms with Crippen molar-refractivity contribution in [3.63, 3.8) is 0 Å². The summed E-state index contributed by atoms with van der Waals surface area (Å²) >= 11 is 0. The van der Waals surface area contributed by atoms with E-state index < -0.39 is 6.10 Å². The molecule has 0 saturated carbocycles. The summed E-state index contributed by atoms with van der Waals surface area (Å²) in [5.41, 5.74) is 3.12. The van der Waals surface area contributed by atoms with Crippen LogP contribution in [0.25, 0.3) is 0 Å². The number of aromatic nitrogens is 1. The zero-order chi connectivity index (χ0) is 16.2. The Kier molecular flexibility index (Phi) is 4.79. The molecule has 2 heterocycles. The molecule has 122 valence electrons. The van der Waals surface area contributed by atoms with Gasteiger partial charge in [0.1, 0.15) is 11.5 Å². The van der Waals surface area contributed by atoms with Crippen molar-refractivity contribution in [3.05, 3.63) is 53.3 Å². The minimum Gasteiger partial charge on any atom is -0.496 e. The van der Waals surface area contributed by atoms with Crippen LogP contribution in [0, 0.1) is 0 Å². The van der Waals surface area contributed by atoms with Crippen molar-refractivity contribution in [2.45, 2.75) is 19.1 Å². The minimum absolute atomic E-state index is 0.568. The summed E-state index contributed by atoms with van der Waals surface area (Å²) < 4.78 is 10.9. The summed E-state index contributed by atoms with van der Waals surface area (Å²) in [4.78, 5) is 6.29. The highest BCUT2D eigenvalue weighted by molar-refractivity contribution is 5.51. The highest BCUT2D eigenvalue weighted by Gasteiger charge is 2.29. The summed E-state index contributed by atoms with van der Waals surface area (Å²) in [6.07, 6.45) is 3.98. The first-order valence-electron chi connectivity index (χ1n) is 7.76. The van der Waals surface area contributed by atoms with Gasteiger partial charge in [0.05, 0.1) is 20.3 Å². The maximum absolute atomic E-state index is 10.6. The van der Waals surface area contributed by atoms with Gasteiger partial charge in [-0.3, -0.25) is 9.88 Å². The molecule has 2 aromatic rings. The fourth-order valence-corrected chi connectivity index (χ4v) is 3.15. The van der Waals surface area contributed by atoms with E-state index in [2.05, 4.69) is 9.88 Å². The number of ether oxygens (including phenoxy) is 2. The maximum atomic E-state index is 10.6. The van der Waals surface area contributed by atoms with E-state index in [-0.39, 0.29) is 0 Å². The molecule has 23 heavy (non-hydrogen) atoms. The molecule has 0 amide bonds. The molecular formula is C18H22N2O3. The molecule has 3 rings (SSSR count). The number of nitrogens with zero attached hydrogens (tertiary/aromatic N) is 2. The van der Waals surface area contributed by atoms with Crippen LogP contribution >= 0.6 is 0 Å². The van der Waals surface area contributed by atoms with Crippen LogP contribution in [0.5, 0.6) is 11.5 Å². The molecule has 1 unspecified atom stereocenters. The van der Waals surface area contributed by atoms with Crippen molar-refractivity contribution in [2.24, 2.45) is 0 Å². The fraction of sp³-hybridized carbons (Fsp3) is 0.389. The lowest BCUT2D eigenvalue weighted by molar-refractivity contribution is 0.0891. The Morgan fingerprint density at radius 3 is 2.52 bits per heavy atom. The summed E-state index contributed by atoms with van der Waals surface area (Å²) in [7, 11) is 3.29. The first-order chi connectivity index (χ1) is 11.2. The van der Waals surface area contributed by atoms with Gasteiger partial charge < -0.3 is 14.6 Å². The number of methoxy groups -OCH3 is 2. The monoisotopic (exact) mass is 314 g/mol. The number of aliphatic hydroxyl groups is 1. The number of pyridine rings is 1. The highest BCUT2D eigenvalue weighted by atomic mass is 16.5. The van der Waals surface area contributed by atoms with Gasteiger partial charge in [-0.2, -0.15) is 0 Å². The Morgan fingerprint density at radius 2 is 1.83 bits per heavy atom. The average Bonchev–Trinajstić information content (AvgIpc) is 2.60. The average molecular weight is 314 g/mol. The van der Waals surface area contributed by atoms with Gasteiger partial charge in [-0.25, -0.2) is 0 Å². The van der Waals surface area contributed by atoms with Crippen molar-refractivity contribution < 1.29 is 14.6 Å². The van der Waals surface area contributed by atoms with Crippen molar-refractivity contribution >= 4 is 0 Å². The van der Waals surface area contributed by atoms with Gasteiger partial charge in [0.15, 0.2) is 0 Å². The topological polar surface area (TPSA) is 54.8 Å². The molecule has 0 aliphatic carbocycles. The van der Waals surface area contributed by atoms with E-state index in [1.807, 2.05) is 36.7 Å². The molecule has 0 spiro atoms. The van der Waals surface area contributed by atoms with Gasteiger partial charge in [-0.05, 0) is 36.2 Å². The van der Waals surface area contributed by atoms with Gasteiger partial charge >= 0.3 is 0 Å². The van der Waals surface area contributed by atoms with E-state index in [9.17, 15) is 5.11 Å². The molecule has 0 saturated heterocycles. The van der Waals surface area contributed by atoms with E-state index in [1.165, 1.54) is 5.56 Å². The zero-order valence-corrected chi connectivity index (χ0v) is 13.5. The second-order valence-corrected chi connectivity index (χ2v) is 5.72. The van der Waals surface area contributed by atoms with Crippen LogP contribution in [0.4, 0.5) is 0 Å². The van der Waals surface area contributed by atoms with E-state index in [1.54, 1.807) is 14.2 Å². The number of benzene rings is 1. The predicted octanol–water partition coefficient (Wildman–Crippen LogP) is 2.19. The van der Waals surface area contributed by atoms with Crippen LogP contribution in [-0.2, 0) is 13.0 Å². The molecule has 1 aromatic carbocycles. The van der Waals surface area contributed by atoms with Crippen LogP contribution in [-0.4, -0.2) is 42.3 Å². The van der Waals surface area contributed by atoms with Crippen LogP contribution in [0.1, 0.15) is 22.8 Å². The van der Waals surface area contributed by atoms with Crippen molar-refractivity contribution in [1.29, 1.82) is 0 Å². The van der Waals surface area contributed by atoms with Gasteiger partial charge in [0.25, 0.3) is 0 Å². The molecule has 0 fully saturated rings. The molecule has 1 N–H and O–H groups in total. The number of aliphatic hydroxyl groups excluding tert-OH is 1. The van der Waals surface area contributed by atoms with E-state index >= 15 is 0 Å². The number of rotatable bonds is 5. The molecule has 5 nitrogen and oxygen atoms in total. The molecule has 5 heteroatoms. The summed E-state index contributed by atoms with van der Waals surface area (Å²) in [6.45, 7) is 2.22. The minimum atomic E-state index is -0.568. The Labute approximate surface area is 136 Å². The van der Waals surface area contributed by atoms with Crippen LogP contribution in [0.3, 0.4) is 0 Å². The summed E-state index contributed by atoms with van der Waals surface area (Å²) in [5, 5.41) is 10.6. The fourth-order valence-electron chi connectivity index (χ4n) is 3.15. The number of hydrogen-bond acceptors (Lipinski definition) is 5. The van der Waals surface area contributed by atoms with Crippen molar-refractivity contribution in [2.75, 3.05) is 27.3 Å². The Hall–Kier alpha value is -2.11. The molecule has 1 atom stereocenters.